The van der Waals surface area contributed by atoms with Crippen LogP contribution in [0.1, 0.15) is 29.9 Å². The van der Waals surface area contributed by atoms with Gasteiger partial charge in [0.15, 0.2) is 5.13 Å². The second kappa shape index (κ2) is 10.4. The molecular formula is C18H20Cl2N4O3S. The van der Waals surface area contributed by atoms with Crippen LogP contribution >= 0.6 is 34.5 Å². The Labute approximate surface area is 176 Å². The van der Waals surface area contributed by atoms with E-state index in [1.54, 1.807) is 31.4 Å². The highest BCUT2D eigenvalue weighted by molar-refractivity contribution is 7.13. The van der Waals surface area contributed by atoms with Crippen molar-refractivity contribution in [3.63, 3.8) is 0 Å². The Morgan fingerprint density at radius 1 is 1.11 bits per heavy atom. The van der Waals surface area contributed by atoms with Crippen LogP contribution in [0.4, 0.5) is 5.13 Å². The Morgan fingerprint density at radius 2 is 1.82 bits per heavy atom. The van der Waals surface area contributed by atoms with Crippen molar-refractivity contribution in [3.8, 4) is 0 Å². The average molecular weight is 443 g/mol. The van der Waals surface area contributed by atoms with E-state index in [1.165, 1.54) is 17.4 Å². The number of nitrogens with zero attached hydrogens (tertiary/aromatic N) is 1. The molecule has 2 aromatic rings. The standard InChI is InChI=1S/C18H20Cl2N4O3S/c1-10(2)16(26)24-18-23-12(9-28-18)8-15(25)21-5-6-22-17(27)11-3-4-13(19)14(20)7-11/h3-4,7,9-10H,5-6,8H2,1-2H3,(H,21,25)(H,22,27)(H,23,24,26). The first kappa shape index (κ1) is 22.1. The van der Waals surface area contributed by atoms with Crippen molar-refractivity contribution in [2.75, 3.05) is 18.4 Å². The summed E-state index contributed by atoms with van der Waals surface area (Å²) in [6, 6.07) is 4.60. The first-order chi connectivity index (χ1) is 13.3. The van der Waals surface area contributed by atoms with Crippen LogP contribution in [0.15, 0.2) is 23.6 Å². The number of hydrogen-bond donors (Lipinski definition) is 3. The highest BCUT2D eigenvalue weighted by atomic mass is 35.5. The number of benzene rings is 1. The van der Waals surface area contributed by atoms with Gasteiger partial charge in [-0.1, -0.05) is 37.0 Å². The van der Waals surface area contributed by atoms with Crippen molar-refractivity contribution in [3.05, 3.63) is 44.9 Å². The normalized spacial score (nSPS) is 10.6. The molecule has 0 aliphatic carbocycles. The molecule has 0 saturated carbocycles. The Balaban J connectivity index is 1.71. The first-order valence-corrected chi connectivity index (χ1v) is 10.1. The number of carbonyl (C=O) groups is 3. The van der Waals surface area contributed by atoms with Gasteiger partial charge in [-0.25, -0.2) is 4.98 Å². The second-order valence-electron chi connectivity index (χ2n) is 6.20. The summed E-state index contributed by atoms with van der Waals surface area (Å²) >= 11 is 13.0. The minimum Gasteiger partial charge on any atom is -0.354 e. The second-order valence-corrected chi connectivity index (χ2v) is 7.87. The lowest BCUT2D eigenvalue weighted by atomic mass is 10.2. The molecule has 1 heterocycles. The highest BCUT2D eigenvalue weighted by Gasteiger charge is 2.12. The predicted molar refractivity (Wildman–Crippen MR) is 111 cm³/mol. The lowest BCUT2D eigenvalue weighted by Crippen LogP contribution is -2.35. The van der Waals surface area contributed by atoms with Gasteiger partial charge in [0.1, 0.15) is 0 Å². The fraction of sp³-hybridized carbons (Fsp3) is 0.333. The maximum Gasteiger partial charge on any atom is 0.251 e. The van der Waals surface area contributed by atoms with Crippen LogP contribution in [0.2, 0.25) is 10.0 Å². The topological polar surface area (TPSA) is 100 Å². The van der Waals surface area contributed by atoms with Crippen LogP contribution in [0.5, 0.6) is 0 Å². The van der Waals surface area contributed by atoms with E-state index in [0.29, 0.717) is 26.4 Å². The number of amides is 3. The molecular weight excluding hydrogens is 423 g/mol. The zero-order chi connectivity index (χ0) is 20.7. The molecule has 28 heavy (non-hydrogen) atoms. The zero-order valence-corrected chi connectivity index (χ0v) is 17.7. The van der Waals surface area contributed by atoms with E-state index in [1.807, 2.05) is 0 Å². The van der Waals surface area contributed by atoms with E-state index in [0.717, 1.165) is 0 Å². The van der Waals surface area contributed by atoms with Gasteiger partial charge >= 0.3 is 0 Å². The van der Waals surface area contributed by atoms with E-state index in [4.69, 9.17) is 23.2 Å². The van der Waals surface area contributed by atoms with Crippen molar-refractivity contribution in [1.29, 1.82) is 0 Å². The monoisotopic (exact) mass is 442 g/mol. The lowest BCUT2D eigenvalue weighted by Gasteiger charge is -2.07. The van der Waals surface area contributed by atoms with Crippen LogP contribution in [0, 0.1) is 5.92 Å². The summed E-state index contributed by atoms with van der Waals surface area (Å²) < 4.78 is 0. The molecule has 0 radical (unpaired) electrons. The number of carbonyl (C=O) groups excluding carboxylic acids is 3. The molecule has 1 aromatic heterocycles. The van der Waals surface area contributed by atoms with Gasteiger partial charge in [0.2, 0.25) is 11.8 Å². The van der Waals surface area contributed by atoms with Gasteiger partial charge in [0, 0.05) is 30.0 Å². The minimum absolute atomic E-state index is 0.0921. The summed E-state index contributed by atoms with van der Waals surface area (Å²) in [7, 11) is 0. The van der Waals surface area contributed by atoms with Gasteiger partial charge in [-0.3, -0.25) is 14.4 Å². The molecule has 0 saturated heterocycles. The number of rotatable bonds is 8. The Kier molecular flexibility index (Phi) is 8.22. The quantitative estimate of drug-likeness (QED) is 0.546. The number of hydrogen-bond acceptors (Lipinski definition) is 5. The maximum atomic E-state index is 12.0. The van der Waals surface area contributed by atoms with Gasteiger partial charge in [-0.2, -0.15) is 0 Å². The van der Waals surface area contributed by atoms with E-state index in [2.05, 4.69) is 20.9 Å². The molecule has 0 aliphatic heterocycles. The van der Waals surface area contributed by atoms with Crippen molar-refractivity contribution in [2.45, 2.75) is 20.3 Å². The molecule has 3 amide bonds. The molecule has 0 spiro atoms. The molecule has 10 heteroatoms. The maximum absolute atomic E-state index is 12.0. The van der Waals surface area contributed by atoms with E-state index in [9.17, 15) is 14.4 Å². The van der Waals surface area contributed by atoms with E-state index >= 15 is 0 Å². The summed E-state index contributed by atoms with van der Waals surface area (Å²) in [5, 5.41) is 10.9. The van der Waals surface area contributed by atoms with Crippen molar-refractivity contribution in [1.82, 2.24) is 15.6 Å². The third kappa shape index (κ3) is 6.78. The minimum atomic E-state index is -0.308. The molecule has 0 fully saturated rings. The number of halogens is 2. The average Bonchev–Trinajstić information content (AvgIpc) is 3.07. The predicted octanol–water partition coefficient (Wildman–Crippen LogP) is 3.13. The van der Waals surface area contributed by atoms with Crippen LogP contribution < -0.4 is 16.0 Å². The van der Waals surface area contributed by atoms with Crippen molar-refractivity contribution in [2.24, 2.45) is 5.92 Å². The van der Waals surface area contributed by atoms with Gasteiger partial charge < -0.3 is 16.0 Å². The summed E-state index contributed by atoms with van der Waals surface area (Å²) in [5.74, 6) is -0.800. The molecule has 0 atom stereocenters. The third-order valence-electron chi connectivity index (χ3n) is 3.56. The fourth-order valence-electron chi connectivity index (χ4n) is 2.04. The summed E-state index contributed by atoms with van der Waals surface area (Å²) in [6.45, 7) is 4.11. The molecule has 7 nitrogen and oxygen atoms in total. The Morgan fingerprint density at radius 3 is 2.50 bits per heavy atom. The van der Waals surface area contributed by atoms with Gasteiger partial charge in [-0.15, -0.1) is 11.3 Å². The van der Waals surface area contributed by atoms with Crippen LogP contribution in [0.25, 0.3) is 0 Å². The van der Waals surface area contributed by atoms with Crippen LogP contribution in [-0.4, -0.2) is 35.8 Å². The number of thiazole rings is 1. The molecule has 150 valence electrons. The molecule has 3 N–H and O–H groups in total. The number of anilines is 1. The SMILES string of the molecule is CC(C)C(=O)Nc1nc(CC(=O)NCCNC(=O)c2ccc(Cl)c(Cl)c2)cs1. The number of aromatic nitrogens is 1. The van der Waals surface area contributed by atoms with Crippen molar-refractivity contribution >= 4 is 57.4 Å². The van der Waals surface area contributed by atoms with Crippen molar-refractivity contribution < 1.29 is 14.4 Å². The smallest absolute Gasteiger partial charge is 0.251 e. The number of nitrogens with one attached hydrogen (secondary N) is 3. The van der Waals surface area contributed by atoms with Crippen LogP contribution in [0.3, 0.4) is 0 Å². The molecule has 2 rings (SSSR count). The van der Waals surface area contributed by atoms with Gasteiger partial charge in [0.05, 0.1) is 22.2 Å². The largest absolute Gasteiger partial charge is 0.354 e. The van der Waals surface area contributed by atoms with E-state index < -0.39 is 0 Å². The van der Waals surface area contributed by atoms with Gasteiger partial charge in [-0.05, 0) is 18.2 Å². The highest BCUT2D eigenvalue weighted by Crippen LogP contribution is 2.22. The summed E-state index contributed by atoms with van der Waals surface area (Å²) in [4.78, 5) is 39.8. The fourth-order valence-corrected chi connectivity index (χ4v) is 3.05. The summed E-state index contributed by atoms with van der Waals surface area (Å²) in [5.41, 5.74) is 0.959. The summed E-state index contributed by atoms with van der Waals surface area (Å²) in [6.07, 6.45) is 0.0921. The van der Waals surface area contributed by atoms with Crippen LogP contribution in [-0.2, 0) is 16.0 Å². The van der Waals surface area contributed by atoms with Gasteiger partial charge in [0.25, 0.3) is 5.91 Å². The third-order valence-corrected chi connectivity index (χ3v) is 5.11. The Hall–Kier alpha value is -2.16. The molecule has 0 unspecified atom stereocenters. The molecule has 0 aliphatic rings. The molecule has 0 bridgehead atoms. The first-order valence-electron chi connectivity index (χ1n) is 8.51. The Bertz CT molecular complexity index is 870. The van der Waals surface area contributed by atoms with E-state index in [-0.39, 0.29) is 43.1 Å². The molecule has 1 aromatic carbocycles. The zero-order valence-electron chi connectivity index (χ0n) is 15.3. The lowest BCUT2D eigenvalue weighted by molar-refractivity contribution is -0.120.